The molecule has 1 aliphatic carbocycles. The molecular formula is C24H27Cl2N3O4. The number of carbonyl (C=O) groups excluding carboxylic acids is 1. The fraction of sp³-hybridized carbons (Fsp3) is 0.458. The molecular weight excluding hydrogens is 465 g/mol. The molecule has 0 bridgehead atoms. The molecule has 1 aliphatic heterocycles. The van der Waals surface area contributed by atoms with Crippen molar-refractivity contribution in [1.29, 1.82) is 0 Å². The van der Waals surface area contributed by atoms with E-state index in [1.807, 2.05) is 24.3 Å². The third-order valence-corrected chi connectivity index (χ3v) is 6.42. The number of aromatic nitrogens is 1. The van der Waals surface area contributed by atoms with E-state index in [-0.39, 0.29) is 19.1 Å². The highest BCUT2D eigenvalue weighted by molar-refractivity contribution is 6.30. The first-order valence-electron chi connectivity index (χ1n) is 10.9. The molecule has 1 aromatic heterocycles. The van der Waals surface area contributed by atoms with E-state index < -0.39 is 23.7 Å². The molecule has 1 fully saturated rings. The molecule has 1 saturated heterocycles. The molecule has 1 amide bonds. The largest absolute Gasteiger partial charge is 0.480 e. The zero-order valence-electron chi connectivity index (χ0n) is 18.8. The van der Waals surface area contributed by atoms with Gasteiger partial charge < -0.3 is 9.84 Å². The van der Waals surface area contributed by atoms with Crippen molar-refractivity contribution < 1.29 is 19.4 Å². The lowest BCUT2D eigenvalue weighted by atomic mass is 9.95. The van der Waals surface area contributed by atoms with Crippen LogP contribution >= 0.6 is 23.2 Å². The molecule has 2 heterocycles. The van der Waals surface area contributed by atoms with Crippen LogP contribution in [-0.4, -0.2) is 63.2 Å². The summed E-state index contributed by atoms with van der Waals surface area (Å²) < 4.78 is 5.46. The number of amides is 1. The van der Waals surface area contributed by atoms with Crippen LogP contribution in [-0.2, 0) is 22.4 Å². The summed E-state index contributed by atoms with van der Waals surface area (Å²) in [5.41, 5.74) is 3.32. The van der Waals surface area contributed by atoms with Crippen LogP contribution in [0.2, 0.25) is 10.0 Å². The lowest BCUT2D eigenvalue weighted by molar-refractivity contribution is -0.146. The summed E-state index contributed by atoms with van der Waals surface area (Å²) in [5, 5.41) is 11.2. The number of hydrogen-bond acceptors (Lipinski definition) is 5. The second-order valence-electron chi connectivity index (χ2n) is 9.47. The quantitative estimate of drug-likeness (QED) is 0.661. The average molecular weight is 492 g/mol. The zero-order chi connectivity index (χ0) is 23.9. The third-order valence-electron chi connectivity index (χ3n) is 5.98. The molecule has 9 heteroatoms. The van der Waals surface area contributed by atoms with E-state index in [9.17, 15) is 14.7 Å². The number of nitrogens with zero attached hydrogens (tertiary/aromatic N) is 3. The summed E-state index contributed by atoms with van der Waals surface area (Å²) in [6.45, 7) is 6.13. The number of hydrogen-bond donors (Lipinski definition) is 1. The molecule has 1 N–H and O–H groups in total. The fourth-order valence-electron chi connectivity index (χ4n) is 4.57. The van der Waals surface area contributed by atoms with Gasteiger partial charge in [0, 0.05) is 30.9 Å². The van der Waals surface area contributed by atoms with Crippen LogP contribution in [0.5, 0.6) is 0 Å². The number of aliphatic carboxylic acids is 1. The number of rotatable bonds is 2. The normalized spacial score (nSPS) is 21.1. The maximum Gasteiger partial charge on any atom is 0.411 e. The minimum Gasteiger partial charge on any atom is -0.480 e. The predicted molar refractivity (Wildman–Crippen MR) is 126 cm³/mol. The van der Waals surface area contributed by atoms with Crippen molar-refractivity contribution in [3.8, 4) is 0 Å². The van der Waals surface area contributed by atoms with Gasteiger partial charge in [0.2, 0.25) is 0 Å². The van der Waals surface area contributed by atoms with Crippen LogP contribution in [0.15, 0.2) is 30.5 Å². The van der Waals surface area contributed by atoms with Crippen molar-refractivity contribution in [1.82, 2.24) is 14.8 Å². The smallest absolute Gasteiger partial charge is 0.411 e. The van der Waals surface area contributed by atoms with E-state index in [0.717, 1.165) is 35.2 Å². The molecule has 2 aromatic rings. The van der Waals surface area contributed by atoms with Crippen molar-refractivity contribution in [2.45, 2.75) is 51.3 Å². The molecule has 2 aliphatic rings. The van der Waals surface area contributed by atoms with Gasteiger partial charge in [0.05, 0.1) is 16.8 Å². The highest BCUT2D eigenvalue weighted by atomic mass is 35.5. The van der Waals surface area contributed by atoms with Crippen LogP contribution in [0.3, 0.4) is 0 Å². The maximum absolute atomic E-state index is 12.7. The van der Waals surface area contributed by atoms with Gasteiger partial charge >= 0.3 is 12.1 Å². The number of carboxylic acid groups (broad SMARTS) is 1. The lowest BCUT2D eigenvalue weighted by Gasteiger charge is -2.43. The Morgan fingerprint density at radius 3 is 2.48 bits per heavy atom. The van der Waals surface area contributed by atoms with Crippen molar-refractivity contribution in [3.05, 3.63) is 62.9 Å². The Morgan fingerprint density at radius 2 is 1.79 bits per heavy atom. The van der Waals surface area contributed by atoms with Crippen LogP contribution in [0, 0.1) is 0 Å². The lowest BCUT2D eigenvalue weighted by Crippen LogP contribution is -2.59. The molecule has 33 heavy (non-hydrogen) atoms. The summed E-state index contributed by atoms with van der Waals surface area (Å²) >= 11 is 12.5. The van der Waals surface area contributed by atoms with Crippen LogP contribution in [0.25, 0.3) is 0 Å². The summed E-state index contributed by atoms with van der Waals surface area (Å²) in [4.78, 5) is 33.0. The first-order valence-corrected chi connectivity index (χ1v) is 11.7. The van der Waals surface area contributed by atoms with E-state index >= 15 is 0 Å². The molecule has 0 saturated carbocycles. The number of carboxylic acids is 1. The minimum absolute atomic E-state index is 0.144. The second kappa shape index (κ2) is 9.12. The minimum atomic E-state index is -1.07. The first kappa shape index (κ1) is 23.8. The monoisotopic (exact) mass is 491 g/mol. The second-order valence-corrected chi connectivity index (χ2v) is 10.3. The standard InChI is InChI=1S/C24H27Cl2N3O4/c1-24(2,3)33-23(32)29-9-8-28(13-19(29)22(30)31)21-18-7-6-16(25)10-14(18)4-5-15-11-17(26)12-27-20(15)21/h6-7,10-12,19,21H,4-5,8-9,13H2,1-3H3,(H,30,31)/t19-,21-/m1/s1. The van der Waals surface area contributed by atoms with Gasteiger partial charge in [-0.05, 0) is 68.5 Å². The molecule has 1 aromatic carbocycles. The van der Waals surface area contributed by atoms with E-state index in [1.165, 1.54) is 4.90 Å². The molecule has 0 spiro atoms. The third kappa shape index (κ3) is 5.10. The Hall–Kier alpha value is -2.35. The van der Waals surface area contributed by atoms with E-state index in [2.05, 4.69) is 9.88 Å². The first-order chi connectivity index (χ1) is 15.5. The Morgan fingerprint density at radius 1 is 1.09 bits per heavy atom. The summed E-state index contributed by atoms with van der Waals surface area (Å²) in [5.74, 6) is -1.07. The van der Waals surface area contributed by atoms with Gasteiger partial charge in [-0.15, -0.1) is 0 Å². The summed E-state index contributed by atoms with van der Waals surface area (Å²) in [6.07, 6.45) is 2.54. The van der Waals surface area contributed by atoms with E-state index in [0.29, 0.717) is 16.6 Å². The molecule has 0 radical (unpaired) electrons. The van der Waals surface area contributed by atoms with Crippen LogP contribution in [0.1, 0.15) is 49.2 Å². The van der Waals surface area contributed by atoms with Crippen LogP contribution < -0.4 is 0 Å². The number of ether oxygens (including phenoxy) is 1. The van der Waals surface area contributed by atoms with E-state index in [1.54, 1.807) is 27.0 Å². The van der Waals surface area contributed by atoms with Gasteiger partial charge in [0.25, 0.3) is 0 Å². The van der Waals surface area contributed by atoms with Crippen molar-refractivity contribution >= 4 is 35.3 Å². The zero-order valence-corrected chi connectivity index (χ0v) is 20.4. The number of fused-ring (bicyclic) bond motifs is 2. The highest BCUT2D eigenvalue weighted by Gasteiger charge is 2.41. The van der Waals surface area contributed by atoms with Crippen molar-refractivity contribution in [2.75, 3.05) is 19.6 Å². The summed E-state index contributed by atoms with van der Waals surface area (Å²) in [6, 6.07) is 6.42. The predicted octanol–water partition coefficient (Wildman–Crippen LogP) is 4.58. The molecule has 7 nitrogen and oxygen atoms in total. The topological polar surface area (TPSA) is 83.0 Å². The Kier molecular flexibility index (Phi) is 6.58. The van der Waals surface area contributed by atoms with Gasteiger partial charge in [-0.1, -0.05) is 29.3 Å². The van der Waals surface area contributed by atoms with Crippen molar-refractivity contribution in [2.24, 2.45) is 0 Å². The van der Waals surface area contributed by atoms with Crippen molar-refractivity contribution in [3.63, 3.8) is 0 Å². The van der Waals surface area contributed by atoms with Gasteiger partial charge in [-0.3, -0.25) is 14.8 Å². The Balaban J connectivity index is 1.71. The molecule has 4 rings (SSSR count). The van der Waals surface area contributed by atoms with Crippen LogP contribution in [0.4, 0.5) is 4.79 Å². The Bertz CT molecular complexity index is 1030. The average Bonchev–Trinajstić information content (AvgIpc) is 2.88. The SMILES string of the molecule is CC(C)(C)OC(=O)N1CCN([C@@H]2c3ccc(Cl)cc3CCc3cc(Cl)cnc32)C[C@@H]1C(=O)O. The Labute approximate surface area is 203 Å². The molecule has 2 atom stereocenters. The number of benzene rings is 1. The number of aryl methyl sites for hydroxylation is 2. The number of piperazine rings is 1. The number of carbonyl (C=O) groups is 2. The van der Waals surface area contributed by atoms with Gasteiger partial charge in [-0.2, -0.15) is 0 Å². The maximum atomic E-state index is 12.7. The number of pyridine rings is 1. The van der Waals surface area contributed by atoms with Gasteiger partial charge in [0.1, 0.15) is 11.6 Å². The highest BCUT2D eigenvalue weighted by Crippen LogP contribution is 2.38. The van der Waals surface area contributed by atoms with E-state index in [4.69, 9.17) is 27.9 Å². The number of halogens is 2. The summed E-state index contributed by atoms with van der Waals surface area (Å²) in [7, 11) is 0. The fourth-order valence-corrected chi connectivity index (χ4v) is 4.95. The van der Waals surface area contributed by atoms with Gasteiger partial charge in [-0.25, -0.2) is 9.59 Å². The molecule has 0 unspecified atom stereocenters. The van der Waals surface area contributed by atoms with Gasteiger partial charge in [0.15, 0.2) is 0 Å². The molecule has 176 valence electrons.